The van der Waals surface area contributed by atoms with Gasteiger partial charge in [-0.25, -0.2) is 4.39 Å². The van der Waals surface area contributed by atoms with Crippen LogP contribution in [0.2, 0.25) is 0 Å². The summed E-state index contributed by atoms with van der Waals surface area (Å²) in [5.41, 5.74) is 7.08. The molecular formula is C13H15FN4O. The number of amides is 1. The predicted molar refractivity (Wildman–Crippen MR) is 70.1 cm³/mol. The van der Waals surface area contributed by atoms with E-state index in [0.717, 1.165) is 11.6 Å². The molecule has 1 aromatic carbocycles. The summed E-state index contributed by atoms with van der Waals surface area (Å²) in [6, 6.07) is 3.74. The van der Waals surface area contributed by atoms with Crippen molar-refractivity contribution in [2.24, 2.45) is 7.05 Å². The zero-order chi connectivity index (χ0) is 13.8. The smallest absolute Gasteiger partial charge is 0.253 e. The maximum Gasteiger partial charge on any atom is 0.253 e. The van der Waals surface area contributed by atoms with Gasteiger partial charge in [-0.1, -0.05) is 0 Å². The molecule has 0 aliphatic rings. The van der Waals surface area contributed by atoms with Crippen molar-refractivity contribution in [2.75, 3.05) is 12.3 Å². The van der Waals surface area contributed by atoms with Crippen LogP contribution < -0.4 is 11.1 Å². The van der Waals surface area contributed by atoms with Gasteiger partial charge in [0, 0.05) is 25.5 Å². The zero-order valence-corrected chi connectivity index (χ0v) is 10.6. The van der Waals surface area contributed by atoms with E-state index in [1.807, 2.05) is 13.2 Å². The molecule has 0 saturated heterocycles. The number of hydrogen-bond acceptors (Lipinski definition) is 3. The van der Waals surface area contributed by atoms with Crippen LogP contribution in [0.3, 0.4) is 0 Å². The number of nitrogens with two attached hydrogens (primary N) is 1. The van der Waals surface area contributed by atoms with E-state index < -0.39 is 5.82 Å². The first-order chi connectivity index (χ1) is 9.06. The fourth-order valence-corrected chi connectivity index (χ4v) is 1.74. The lowest BCUT2D eigenvalue weighted by Gasteiger charge is -2.07. The number of hydrogen-bond donors (Lipinski definition) is 2. The predicted octanol–water partition coefficient (Wildman–Crippen LogP) is 1.11. The van der Waals surface area contributed by atoms with Crippen LogP contribution in [-0.2, 0) is 13.5 Å². The monoisotopic (exact) mass is 262 g/mol. The van der Waals surface area contributed by atoms with Gasteiger partial charge in [0.25, 0.3) is 5.91 Å². The Bertz CT molecular complexity index is 594. The van der Waals surface area contributed by atoms with E-state index in [-0.39, 0.29) is 17.2 Å². The number of anilines is 1. The summed E-state index contributed by atoms with van der Waals surface area (Å²) in [7, 11) is 1.83. The van der Waals surface area contributed by atoms with Crippen molar-refractivity contribution in [1.29, 1.82) is 0 Å². The third-order valence-corrected chi connectivity index (χ3v) is 2.72. The first-order valence-corrected chi connectivity index (χ1v) is 5.87. The average Bonchev–Trinajstić information content (AvgIpc) is 2.78. The van der Waals surface area contributed by atoms with Gasteiger partial charge in [0.1, 0.15) is 5.82 Å². The van der Waals surface area contributed by atoms with Crippen molar-refractivity contribution in [2.45, 2.75) is 6.42 Å². The number of aromatic nitrogens is 2. The molecule has 3 N–H and O–H groups in total. The summed E-state index contributed by atoms with van der Waals surface area (Å²) in [6.07, 6.45) is 4.28. The molecule has 0 bridgehead atoms. The van der Waals surface area contributed by atoms with Gasteiger partial charge >= 0.3 is 0 Å². The normalized spacial score (nSPS) is 10.4. The highest BCUT2D eigenvalue weighted by atomic mass is 19.1. The van der Waals surface area contributed by atoms with E-state index in [2.05, 4.69) is 10.4 Å². The quantitative estimate of drug-likeness (QED) is 0.811. The molecule has 0 aliphatic heterocycles. The van der Waals surface area contributed by atoms with Crippen molar-refractivity contribution in [1.82, 2.24) is 15.1 Å². The molecule has 0 unspecified atom stereocenters. The lowest BCUT2D eigenvalue weighted by molar-refractivity contribution is 0.0954. The molecule has 5 nitrogen and oxygen atoms in total. The molecular weight excluding hydrogens is 247 g/mol. The third kappa shape index (κ3) is 3.31. The van der Waals surface area contributed by atoms with Crippen LogP contribution in [0, 0.1) is 5.82 Å². The number of aryl methyl sites for hydroxylation is 1. The summed E-state index contributed by atoms with van der Waals surface area (Å²) in [5, 5.41) is 6.73. The van der Waals surface area contributed by atoms with Crippen molar-refractivity contribution >= 4 is 11.6 Å². The average molecular weight is 262 g/mol. The van der Waals surface area contributed by atoms with Gasteiger partial charge in [-0.3, -0.25) is 9.48 Å². The molecule has 19 heavy (non-hydrogen) atoms. The van der Waals surface area contributed by atoms with Crippen LogP contribution in [0.1, 0.15) is 15.9 Å². The molecule has 0 aliphatic carbocycles. The van der Waals surface area contributed by atoms with Crippen molar-refractivity contribution in [3.8, 4) is 0 Å². The van der Waals surface area contributed by atoms with E-state index in [0.29, 0.717) is 13.0 Å². The molecule has 100 valence electrons. The van der Waals surface area contributed by atoms with Crippen LogP contribution in [-0.4, -0.2) is 22.2 Å². The summed E-state index contributed by atoms with van der Waals surface area (Å²) in [5.74, 6) is -0.854. The highest BCUT2D eigenvalue weighted by molar-refractivity contribution is 5.99. The van der Waals surface area contributed by atoms with Crippen molar-refractivity contribution < 1.29 is 9.18 Å². The minimum Gasteiger partial charge on any atom is -0.398 e. The van der Waals surface area contributed by atoms with Crippen molar-refractivity contribution in [3.05, 3.63) is 47.5 Å². The Morgan fingerprint density at radius 3 is 3.00 bits per heavy atom. The van der Waals surface area contributed by atoms with Gasteiger partial charge in [-0.2, -0.15) is 5.10 Å². The molecule has 0 fully saturated rings. The Morgan fingerprint density at radius 1 is 1.53 bits per heavy atom. The standard InChI is InChI=1S/C13H15FN4O/c1-18-8-9(7-17-18)4-5-16-13(19)11-6-10(14)2-3-12(11)15/h2-3,6-8H,4-5,15H2,1H3,(H,16,19). The van der Waals surface area contributed by atoms with Crippen LogP contribution in [0.15, 0.2) is 30.6 Å². The number of nitrogens with zero attached hydrogens (tertiary/aromatic N) is 2. The molecule has 1 amide bonds. The number of carbonyl (C=O) groups excluding carboxylic acids is 1. The van der Waals surface area contributed by atoms with E-state index >= 15 is 0 Å². The Labute approximate surface area is 110 Å². The summed E-state index contributed by atoms with van der Waals surface area (Å²) in [4.78, 5) is 11.8. The molecule has 2 aromatic rings. The number of nitrogens with one attached hydrogen (secondary N) is 1. The minimum atomic E-state index is -0.480. The molecule has 2 rings (SSSR count). The fourth-order valence-electron chi connectivity index (χ4n) is 1.74. The highest BCUT2D eigenvalue weighted by Crippen LogP contribution is 2.13. The molecule has 0 atom stereocenters. The van der Waals surface area contributed by atoms with Gasteiger partial charge in [0.05, 0.1) is 11.8 Å². The van der Waals surface area contributed by atoms with E-state index in [4.69, 9.17) is 5.73 Å². The van der Waals surface area contributed by atoms with Gasteiger partial charge in [-0.05, 0) is 30.2 Å². The van der Waals surface area contributed by atoms with E-state index in [9.17, 15) is 9.18 Å². The van der Waals surface area contributed by atoms with E-state index in [1.54, 1.807) is 10.9 Å². The maximum atomic E-state index is 13.1. The van der Waals surface area contributed by atoms with Gasteiger partial charge in [-0.15, -0.1) is 0 Å². The first-order valence-electron chi connectivity index (χ1n) is 5.87. The van der Waals surface area contributed by atoms with E-state index in [1.165, 1.54) is 12.1 Å². The SMILES string of the molecule is Cn1cc(CCNC(=O)c2cc(F)ccc2N)cn1. The molecule has 6 heteroatoms. The highest BCUT2D eigenvalue weighted by Gasteiger charge is 2.10. The molecule has 1 heterocycles. The third-order valence-electron chi connectivity index (χ3n) is 2.72. The summed E-state index contributed by atoms with van der Waals surface area (Å²) >= 11 is 0. The molecule has 1 aromatic heterocycles. The maximum absolute atomic E-state index is 13.1. The Kier molecular flexibility index (Phi) is 3.79. The number of halogens is 1. The van der Waals surface area contributed by atoms with Crippen LogP contribution in [0.5, 0.6) is 0 Å². The van der Waals surface area contributed by atoms with Crippen molar-refractivity contribution in [3.63, 3.8) is 0 Å². The Morgan fingerprint density at radius 2 is 2.32 bits per heavy atom. The second kappa shape index (κ2) is 5.51. The van der Waals surface area contributed by atoms with Gasteiger partial charge in [0.2, 0.25) is 0 Å². The second-order valence-electron chi connectivity index (χ2n) is 4.26. The molecule has 0 saturated carbocycles. The lowest BCUT2D eigenvalue weighted by atomic mass is 10.1. The van der Waals surface area contributed by atoms with Gasteiger partial charge < -0.3 is 11.1 Å². The first kappa shape index (κ1) is 13.1. The number of nitrogen functional groups attached to an aromatic ring is 1. The van der Waals surface area contributed by atoms with Crippen LogP contribution >= 0.6 is 0 Å². The minimum absolute atomic E-state index is 0.159. The summed E-state index contributed by atoms with van der Waals surface area (Å²) < 4.78 is 14.7. The largest absolute Gasteiger partial charge is 0.398 e. The van der Waals surface area contributed by atoms with Crippen LogP contribution in [0.25, 0.3) is 0 Å². The number of benzene rings is 1. The lowest BCUT2D eigenvalue weighted by Crippen LogP contribution is -2.26. The van der Waals surface area contributed by atoms with Crippen LogP contribution in [0.4, 0.5) is 10.1 Å². The second-order valence-corrected chi connectivity index (χ2v) is 4.26. The zero-order valence-electron chi connectivity index (χ0n) is 10.6. The Balaban J connectivity index is 1.92. The molecule has 0 radical (unpaired) electrons. The van der Waals surface area contributed by atoms with Gasteiger partial charge in [0.15, 0.2) is 0 Å². The number of rotatable bonds is 4. The Hall–Kier alpha value is -2.37. The summed E-state index contributed by atoms with van der Waals surface area (Å²) in [6.45, 7) is 0.445. The topological polar surface area (TPSA) is 72.9 Å². The fraction of sp³-hybridized carbons (Fsp3) is 0.231. The molecule has 0 spiro atoms. The number of carbonyl (C=O) groups is 1.